The first-order chi connectivity index (χ1) is 9.15. The normalized spacial score (nSPS) is 13.8. The van der Waals surface area contributed by atoms with Crippen LogP contribution in [0.2, 0.25) is 0 Å². The molecule has 1 atom stereocenters. The van der Waals surface area contributed by atoms with E-state index in [1.165, 1.54) is 12.1 Å². The SMILES string of the molecule is CC(C)CC(CNC(C)(C)C)Cc1cc(F)cc(F)c1. The van der Waals surface area contributed by atoms with Gasteiger partial charge in [0.1, 0.15) is 11.6 Å². The summed E-state index contributed by atoms with van der Waals surface area (Å²) in [5.41, 5.74) is 0.798. The zero-order valence-electron chi connectivity index (χ0n) is 13.3. The van der Waals surface area contributed by atoms with Crippen LogP contribution in [0.3, 0.4) is 0 Å². The Hall–Kier alpha value is -0.960. The molecule has 0 aromatic heterocycles. The van der Waals surface area contributed by atoms with Crippen LogP contribution >= 0.6 is 0 Å². The monoisotopic (exact) mass is 283 g/mol. The van der Waals surface area contributed by atoms with Crippen LogP contribution in [0.5, 0.6) is 0 Å². The summed E-state index contributed by atoms with van der Waals surface area (Å²) in [4.78, 5) is 0. The Morgan fingerprint density at radius 3 is 2.05 bits per heavy atom. The van der Waals surface area contributed by atoms with Crippen molar-refractivity contribution in [1.29, 1.82) is 0 Å². The van der Waals surface area contributed by atoms with Crippen LogP contribution in [0.4, 0.5) is 8.78 Å². The Kier molecular flexibility index (Phi) is 6.12. The predicted octanol–water partition coefficient (Wildman–Crippen LogP) is 4.56. The smallest absolute Gasteiger partial charge is 0.126 e. The minimum Gasteiger partial charge on any atom is -0.312 e. The number of rotatable bonds is 6. The zero-order chi connectivity index (χ0) is 15.3. The van der Waals surface area contributed by atoms with Crippen molar-refractivity contribution in [2.24, 2.45) is 11.8 Å². The lowest BCUT2D eigenvalue weighted by Crippen LogP contribution is -2.39. The largest absolute Gasteiger partial charge is 0.312 e. The molecule has 3 heteroatoms. The van der Waals surface area contributed by atoms with E-state index in [0.717, 1.165) is 24.6 Å². The number of benzene rings is 1. The number of hydrogen-bond acceptors (Lipinski definition) is 1. The molecule has 1 aromatic rings. The molecule has 0 saturated carbocycles. The molecule has 1 rings (SSSR count). The second-order valence-corrected chi connectivity index (χ2v) is 7.11. The molecule has 114 valence electrons. The highest BCUT2D eigenvalue weighted by atomic mass is 19.1. The molecule has 0 heterocycles. The van der Waals surface area contributed by atoms with Crippen LogP contribution in [0.1, 0.15) is 46.6 Å². The summed E-state index contributed by atoms with van der Waals surface area (Å²) in [6.45, 7) is 11.6. The summed E-state index contributed by atoms with van der Waals surface area (Å²) < 4.78 is 26.5. The van der Waals surface area contributed by atoms with Crippen molar-refractivity contribution in [3.8, 4) is 0 Å². The molecular formula is C17H27F2N. The minimum absolute atomic E-state index is 0.0580. The van der Waals surface area contributed by atoms with Gasteiger partial charge in [-0.1, -0.05) is 13.8 Å². The standard InChI is InChI=1S/C17H27F2N/c1-12(2)6-14(11-20-17(3,4)5)7-13-8-15(18)10-16(19)9-13/h8-10,12,14,20H,6-7,11H2,1-5H3. The van der Waals surface area contributed by atoms with Crippen molar-refractivity contribution in [2.45, 2.75) is 53.0 Å². The van der Waals surface area contributed by atoms with Gasteiger partial charge in [-0.25, -0.2) is 8.78 Å². The fourth-order valence-corrected chi connectivity index (χ4v) is 2.42. The van der Waals surface area contributed by atoms with E-state index in [1.54, 1.807) is 0 Å². The molecule has 0 radical (unpaired) electrons. The summed E-state index contributed by atoms with van der Waals surface area (Å²) in [6, 6.07) is 3.80. The maximum Gasteiger partial charge on any atom is 0.126 e. The average Bonchev–Trinajstić information content (AvgIpc) is 2.22. The van der Waals surface area contributed by atoms with E-state index in [0.29, 0.717) is 18.3 Å². The molecule has 1 nitrogen and oxygen atoms in total. The van der Waals surface area contributed by atoms with E-state index in [9.17, 15) is 8.78 Å². The lowest BCUT2D eigenvalue weighted by atomic mass is 9.90. The lowest BCUT2D eigenvalue weighted by Gasteiger charge is -2.26. The van der Waals surface area contributed by atoms with Crippen LogP contribution in [-0.2, 0) is 6.42 Å². The zero-order valence-corrected chi connectivity index (χ0v) is 13.3. The fraction of sp³-hybridized carbons (Fsp3) is 0.647. The van der Waals surface area contributed by atoms with Crippen molar-refractivity contribution >= 4 is 0 Å². The van der Waals surface area contributed by atoms with E-state index < -0.39 is 11.6 Å². The van der Waals surface area contributed by atoms with Gasteiger partial charge in [0.05, 0.1) is 0 Å². The predicted molar refractivity (Wildman–Crippen MR) is 80.8 cm³/mol. The van der Waals surface area contributed by atoms with Crippen LogP contribution in [0.15, 0.2) is 18.2 Å². The first-order valence-electron chi connectivity index (χ1n) is 7.35. The van der Waals surface area contributed by atoms with Crippen molar-refractivity contribution in [1.82, 2.24) is 5.32 Å². The Balaban J connectivity index is 2.72. The Morgan fingerprint density at radius 2 is 1.60 bits per heavy atom. The van der Waals surface area contributed by atoms with Gasteiger partial charge in [0.15, 0.2) is 0 Å². The van der Waals surface area contributed by atoms with Gasteiger partial charge in [0.25, 0.3) is 0 Å². The highest BCUT2D eigenvalue weighted by molar-refractivity contribution is 5.18. The summed E-state index contributed by atoms with van der Waals surface area (Å²) in [5, 5.41) is 3.49. The third kappa shape index (κ3) is 6.99. The Bertz CT molecular complexity index is 401. The molecule has 0 saturated heterocycles. The van der Waals surface area contributed by atoms with Crippen molar-refractivity contribution < 1.29 is 8.78 Å². The third-order valence-electron chi connectivity index (χ3n) is 3.17. The number of nitrogens with one attached hydrogen (secondary N) is 1. The summed E-state index contributed by atoms with van der Waals surface area (Å²) in [7, 11) is 0. The molecule has 20 heavy (non-hydrogen) atoms. The van der Waals surface area contributed by atoms with E-state index in [2.05, 4.69) is 39.9 Å². The molecule has 0 bridgehead atoms. The van der Waals surface area contributed by atoms with Gasteiger partial charge in [-0.2, -0.15) is 0 Å². The third-order valence-corrected chi connectivity index (χ3v) is 3.17. The lowest BCUT2D eigenvalue weighted by molar-refractivity contribution is 0.331. The highest BCUT2D eigenvalue weighted by Crippen LogP contribution is 2.19. The molecule has 0 amide bonds. The second kappa shape index (κ2) is 7.16. The molecule has 0 aliphatic carbocycles. The fourth-order valence-electron chi connectivity index (χ4n) is 2.42. The van der Waals surface area contributed by atoms with Gasteiger partial charge in [-0.3, -0.25) is 0 Å². The van der Waals surface area contributed by atoms with Crippen molar-refractivity contribution in [3.05, 3.63) is 35.4 Å². The quantitative estimate of drug-likeness (QED) is 0.807. The van der Waals surface area contributed by atoms with E-state index in [-0.39, 0.29) is 5.54 Å². The second-order valence-electron chi connectivity index (χ2n) is 7.11. The first kappa shape index (κ1) is 17.1. The Labute approximate surface area is 121 Å². The van der Waals surface area contributed by atoms with Crippen LogP contribution in [0, 0.1) is 23.5 Å². The molecule has 1 unspecified atom stereocenters. The average molecular weight is 283 g/mol. The van der Waals surface area contributed by atoms with Crippen molar-refractivity contribution in [3.63, 3.8) is 0 Å². The number of hydrogen-bond donors (Lipinski definition) is 1. The van der Waals surface area contributed by atoms with Gasteiger partial charge >= 0.3 is 0 Å². The van der Waals surface area contributed by atoms with Gasteiger partial charge in [0.2, 0.25) is 0 Å². The van der Waals surface area contributed by atoms with Crippen LogP contribution in [0.25, 0.3) is 0 Å². The summed E-state index contributed by atoms with van der Waals surface area (Å²) in [5.74, 6) is -0.0326. The van der Waals surface area contributed by atoms with Crippen molar-refractivity contribution in [2.75, 3.05) is 6.54 Å². The van der Waals surface area contributed by atoms with E-state index in [4.69, 9.17) is 0 Å². The first-order valence-corrected chi connectivity index (χ1v) is 7.35. The molecule has 0 aliphatic heterocycles. The van der Waals surface area contributed by atoms with Gasteiger partial charge in [0, 0.05) is 11.6 Å². The maximum atomic E-state index is 13.3. The van der Waals surface area contributed by atoms with E-state index in [1.807, 2.05) is 0 Å². The van der Waals surface area contributed by atoms with Crippen LogP contribution in [-0.4, -0.2) is 12.1 Å². The molecule has 0 fully saturated rings. The van der Waals surface area contributed by atoms with Gasteiger partial charge in [-0.15, -0.1) is 0 Å². The molecular weight excluding hydrogens is 256 g/mol. The molecule has 0 aliphatic rings. The summed E-state index contributed by atoms with van der Waals surface area (Å²) >= 11 is 0. The van der Waals surface area contributed by atoms with E-state index >= 15 is 0 Å². The Morgan fingerprint density at radius 1 is 1.05 bits per heavy atom. The minimum atomic E-state index is -0.493. The maximum absolute atomic E-state index is 13.3. The van der Waals surface area contributed by atoms with Crippen LogP contribution < -0.4 is 5.32 Å². The molecule has 1 N–H and O–H groups in total. The highest BCUT2D eigenvalue weighted by Gasteiger charge is 2.16. The molecule has 0 spiro atoms. The van der Waals surface area contributed by atoms with Gasteiger partial charge < -0.3 is 5.32 Å². The van der Waals surface area contributed by atoms with Gasteiger partial charge in [-0.05, 0) is 69.7 Å². The number of halogens is 2. The topological polar surface area (TPSA) is 12.0 Å². The summed E-state index contributed by atoms with van der Waals surface area (Å²) in [6.07, 6.45) is 1.75. The molecule has 1 aromatic carbocycles.